The average Bonchev–Trinajstić information content (AvgIpc) is 2.61. The maximum absolute atomic E-state index is 12.0. The number of carbonyl (C=O) groups is 2. The highest BCUT2D eigenvalue weighted by Crippen LogP contribution is 2.32. The fourth-order valence-electron chi connectivity index (χ4n) is 2.09. The first-order valence-electron chi connectivity index (χ1n) is 7.27. The monoisotopic (exact) mass is 344 g/mol. The number of amides is 1. The van der Waals surface area contributed by atoms with Gasteiger partial charge in [-0.3, -0.25) is 14.9 Å². The highest BCUT2D eigenvalue weighted by Gasteiger charge is 2.18. The lowest BCUT2D eigenvalue weighted by atomic mass is 10.1. The van der Waals surface area contributed by atoms with Crippen molar-refractivity contribution in [3.8, 4) is 5.75 Å². The molecule has 0 saturated heterocycles. The van der Waals surface area contributed by atoms with Crippen LogP contribution in [0.3, 0.4) is 0 Å². The topological polar surface area (TPSA) is 108 Å². The van der Waals surface area contributed by atoms with Crippen LogP contribution >= 0.6 is 0 Å². The van der Waals surface area contributed by atoms with Crippen LogP contribution in [0.1, 0.15) is 15.9 Å². The molecule has 0 atom stereocenters. The molecule has 0 aliphatic carbocycles. The molecular weight excluding hydrogens is 328 g/mol. The van der Waals surface area contributed by atoms with Gasteiger partial charge in [-0.2, -0.15) is 0 Å². The zero-order valence-electron chi connectivity index (χ0n) is 13.6. The summed E-state index contributed by atoms with van der Waals surface area (Å²) in [6.45, 7) is 1.13. The van der Waals surface area contributed by atoms with E-state index in [2.05, 4.69) is 5.32 Å². The number of esters is 1. The van der Waals surface area contributed by atoms with Crippen LogP contribution in [0.5, 0.6) is 5.75 Å². The van der Waals surface area contributed by atoms with Crippen molar-refractivity contribution in [3.63, 3.8) is 0 Å². The largest absolute Gasteiger partial charge is 0.490 e. The number of carbonyl (C=O) groups excluding carboxylic acids is 2. The highest BCUT2D eigenvalue weighted by molar-refractivity contribution is 5.96. The summed E-state index contributed by atoms with van der Waals surface area (Å²) in [6.07, 6.45) is 0. The van der Waals surface area contributed by atoms with Gasteiger partial charge in [0.2, 0.25) is 0 Å². The van der Waals surface area contributed by atoms with E-state index < -0.39 is 23.4 Å². The quantitative estimate of drug-likeness (QED) is 0.490. The molecule has 0 unspecified atom stereocenters. The first kappa shape index (κ1) is 17.9. The molecule has 0 aromatic heterocycles. The van der Waals surface area contributed by atoms with Gasteiger partial charge >= 0.3 is 11.7 Å². The number of nitro benzene ring substituents is 1. The van der Waals surface area contributed by atoms with Crippen LogP contribution in [-0.2, 0) is 9.53 Å². The van der Waals surface area contributed by atoms with Crippen LogP contribution in [0.4, 0.5) is 11.4 Å². The third-order valence-corrected chi connectivity index (χ3v) is 3.34. The molecule has 1 amide bonds. The van der Waals surface area contributed by atoms with Gasteiger partial charge in [0, 0.05) is 17.8 Å². The number of methoxy groups -OCH3 is 1. The molecule has 2 rings (SSSR count). The Hall–Kier alpha value is -3.42. The lowest BCUT2D eigenvalue weighted by Gasteiger charge is -2.11. The maximum atomic E-state index is 12.0. The summed E-state index contributed by atoms with van der Waals surface area (Å²) in [6, 6.07) is 10.9. The molecule has 25 heavy (non-hydrogen) atoms. The van der Waals surface area contributed by atoms with Crippen LogP contribution in [0, 0.1) is 17.0 Å². The van der Waals surface area contributed by atoms with Gasteiger partial charge in [0.05, 0.1) is 17.6 Å². The van der Waals surface area contributed by atoms with Crippen LogP contribution in [0.15, 0.2) is 42.5 Å². The Morgan fingerprint density at radius 2 is 1.88 bits per heavy atom. The first-order chi connectivity index (χ1) is 11.9. The molecule has 0 fully saturated rings. The predicted molar refractivity (Wildman–Crippen MR) is 89.7 cm³/mol. The molecule has 8 nitrogen and oxygen atoms in total. The molecule has 0 bridgehead atoms. The molecule has 0 heterocycles. The Bertz CT molecular complexity index is 804. The number of anilines is 1. The summed E-state index contributed by atoms with van der Waals surface area (Å²) in [5.74, 6) is -1.16. The molecule has 130 valence electrons. The summed E-state index contributed by atoms with van der Waals surface area (Å²) < 4.78 is 9.89. The third-order valence-electron chi connectivity index (χ3n) is 3.34. The van der Waals surface area contributed by atoms with E-state index >= 15 is 0 Å². The molecule has 0 saturated carbocycles. The maximum Gasteiger partial charge on any atom is 0.338 e. The van der Waals surface area contributed by atoms with E-state index in [0.717, 1.165) is 0 Å². The Kier molecular flexibility index (Phi) is 5.67. The number of hydrogen-bond acceptors (Lipinski definition) is 6. The fourth-order valence-corrected chi connectivity index (χ4v) is 2.09. The molecular formula is C17H16N2O6. The summed E-state index contributed by atoms with van der Waals surface area (Å²) in [5.41, 5.74) is 0.954. The van der Waals surface area contributed by atoms with Crippen molar-refractivity contribution in [1.82, 2.24) is 0 Å². The fraction of sp³-hybridized carbons (Fsp3) is 0.176. The number of nitro groups is 1. The van der Waals surface area contributed by atoms with E-state index in [1.54, 1.807) is 37.3 Å². The van der Waals surface area contributed by atoms with E-state index in [0.29, 0.717) is 16.8 Å². The van der Waals surface area contributed by atoms with Crippen LogP contribution in [0.25, 0.3) is 0 Å². The standard InChI is InChI=1S/C17H16N2O6/c1-11-8-14(19(22)23)15(24-2)9-13(11)18-16(20)10-25-17(21)12-6-4-3-5-7-12/h3-9H,10H2,1-2H3,(H,18,20). The summed E-state index contributed by atoms with van der Waals surface area (Å²) in [7, 11) is 1.30. The number of ether oxygens (including phenoxy) is 2. The molecule has 1 N–H and O–H groups in total. The number of nitrogens with zero attached hydrogens (tertiary/aromatic N) is 1. The second-order valence-corrected chi connectivity index (χ2v) is 5.09. The van der Waals surface area contributed by atoms with E-state index in [-0.39, 0.29) is 11.4 Å². The lowest BCUT2D eigenvalue weighted by Crippen LogP contribution is -2.21. The second kappa shape index (κ2) is 7.91. The van der Waals surface area contributed by atoms with Crippen LogP contribution in [0.2, 0.25) is 0 Å². The smallest absolute Gasteiger partial charge is 0.338 e. The lowest BCUT2D eigenvalue weighted by molar-refractivity contribution is -0.385. The van der Waals surface area contributed by atoms with Gasteiger partial charge in [0.1, 0.15) is 0 Å². The van der Waals surface area contributed by atoms with Gasteiger partial charge in [-0.1, -0.05) is 18.2 Å². The highest BCUT2D eigenvalue weighted by atomic mass is 16.6. The number of hydrogen-bond donors (Lipinski definition) is 1. The van der Waals surface area contributed by atoms with E-state index in [1.807, 2.05) is 0 Å². The predicted octanol–water partition coefficient (Wildman–Crippen LogP) is 2.71. The van der Waals surface area contributed by atoms with Crippen molar-refractivity contribution in [2.75, 3.05) is 19.0 Å². The van der Waals surface area contributed by atoms with Crippen molar-refractivity contribution in [3.05, 3.63) is 63.7 Å². The van der Waals surface area contributed by atoms with Gasteiger partial charge in [-0.05, 0) is 24.6 Å². The van der Waals surface area contributed by atoms with Gasteiger partial charge < -0.3 is 14.8 Å². The number of aryl methyl sites for hydroxylation is 1. The van der Waals surface area contributed by atoms with Gasteiger partial charge in [-0.25, -0.2) is 4.79 Å². The zero-order valence-corrected chi connectivity index (χ0v) is 13.6. The van der Waals surface area contributed by atoms with Crippen LogP contribution in [-0.4, -0.2) is 30.5 Å². The van der Waals surface area contributed by atoms with Crippen molar-refractivity contribution >= 4 is 23.3 Å². The molecule has 0 radical (unpaired) electrons. The molecule has 0 aliphatic rings. The molecule has 2 aromatic carbocycles. The van der Waals surface area contributed by atoms with Crippen molar-refractivity contribution in [2.24, 2.45) is 0 Å². The van der Waals surface area contributed by atoms with Gasteiger partial charge in [0.15, 0.2) is 12.4 Å². The zero-order chi connectivity index (χ0) is 18.4. The summed E-state index contributed by atoms with van der Waals surface area (Å²) >= 11 is 0. The number of benzene rings is 2. The van der Waals surface area contributed by atoms with E-state index in [4.69, 9.17) is 9.47 Å². The Morgan fingerprint density at radius 1 is 1.20 bits per heavy atom. The number of rotatable bonds is 6. The van der Waals surface area contributed by atoms with Crippen molar-refractivity contribution in [2.45, 2.75) is 6.92 Å². The minimum Gasteiger partial charge on any atom is -0.490 e. The first-order valence-corrected chi connectivity index (χ1v) is 7.27. The molecule has 8 heteroatoms. The molecule has 2 aromatic rings. The van der Waals surface area contributed by atoms with Gasteiger partial charge in [-0.15, -0.1) is 0 Å². The molecule has 0 aliphatic heterocycles. The molecule has 0 spiro atoms. The minimum atomic E-state index is -0.617. The summed E-state index contributed by atoms with van der Waals surface area (Å²) in [4.78, 5) is 34.1. The SMILES string of the molecule is COc1cc(NC(=O)COC(=O)c2ccccc2)c(C)cc1[N+](=O)[O-]. The normalized spacial score (nSPS) is 10.0. The van der Waals surface area contributed by atoms with Crippen LogP contribution < -0.4 is 10.1 Å². The average molecular weight is 344 g/mol. The van der Waals surface area contributed by atoms with Crippen molar-refractivity contribution < 1.29 is 24.0 Å². The Labute approximate surface area is 143 Å². The second-order valence-electron chi connectivity index (χ2n) is 5.09. The van der Waals surface area contributed by atoms with Gasteiger partial charge in [0.25, 0.3) is 5.91 Å². The van der Waals surface area contributed by atoms with E-state index in [9.17, 15) is 19.7 Å². The Morgan fingerprint density at radius 3 is 2.48 bits per heavy atom. The summed E-state index contributed by atoms with van der Waals surface area (Å²) in [5, 5.41) is 13.5. The number of nitrogens with one attached hydrogen (secondary N) is 1. The third kappa shape index (κ3) is 4.54. The van der Waals surface area contributed by atoms with Crippen molar-refractivity contribution in [1.29, 1.82) is 0 Å². The minimum absolute atomic E-state index is 0.0205. The van der Waals surface area contributed by atoms with E-state index in [1.165, 1.54) is 19.2 Å². The Balaban J connectivity index is 2.03.